The molecule has 0 spiro atoms. The Morgan fingerprint density at radius 2 is 1.75 bits per heavy atom. The van der Waals surface area contributed by atoms with Crippen LogP contribution in [0.2, 0.25) is 5.02 Å². The van der Waals surface area contributed by atoms with Crippen molar-refractivity contribution in [2.75, 3.05) is 13.7 Å². The molecule has 0 aliphatic heterocycles. The van der Waals surface area contributed by atoms with E-state index in [9.17, 15) is 4.79 Å². The summed E-state index contributed by atoms with van der Waals surface area (Å²) in [6.07, 6.45) is 0. The summed E-state index contributed by atoms with van der Waals surface area (Å²) in [7, 11) is 1.62. The van der Waals surface area contributed by atoms with Gasteiger partial charge in [0.25, 0.3) is 0 Å². The number of benzene rings is 2. The highest BCUT2D eigenvalue weighted by Gasteiger charge is 2.21. The first-order valence-corrected chi connectivity index (χ1v) is 8.20. The van der Waals surface area contributed by atoms with Gasteiger partial charge in [0.05, 0.1) is 7.11 Å². The molecule has 2 N–H and O–H groups in total. The number of carbonyl (C=O) groups excluding carboxylic acids is 1. The Kier molecular flexibility index (Phi) is 6.10. The van der Waals surface area contributed by atoms with Crippen LogP contribution in [-0.4, -0.2) is 19.7 Å². The largest absolute Gasteiger partial charge is 0.496 e. The maximum Gasteiger partial charge on any atom is 0.315 e. The lowest BCUT2D eigenvalue weighted by Gasteiger charge is -2.25. The number of halogens is 1. The van der Waals surface area contributed by atoms with Crippen molar-refractivity contribution >= 4 is 17.6 Å². The van der Waals surface area contributed by atoms with Gasteiger partial charge in [-0.25, -0.2) is 4.79 Å². The lowest BCUT2D eigenvalue weighted by atomic mass is 9.85. The molecule has 0 aromatic heterocycles. The number of para-hydroxylation sites is 1. The second-order valence-electron chi connectivity index (χ2n) is 6.24. The Hall–Kier alpha value is -2.20. The molecule has 0 unspecified atom stereocenters. The van der Waals surface area contributed by atoms with Gasteiger partial charge in [-0.15, -0.1) is 0 Å². The molecule has 2 amide bonds. The van der Waals surface area contributed by atoms with Crippen LogP contribution in [0, 0.1) is 0 Å². The first kappa shape index (κ1) is 18.1. The first-order chi connectivity index (χ1) is 11.4. The third-order valence-electron chi connectivity index (χ3n) is 3.95. The number of amides is 2. The van der Waals surface area contributed by atoms with E-state index in [0.29, 0.717) is 18.1 Å². The van der Waals surface area contributed by atoms with Gasteiger partial charge in [0, 0.05) is 29.1 Å². The summed E-state index contributed by atoms with van der Waals surface area (Å²) in [5.74, 6) is 0.763. The van der Waals surface area contributed by atoms with Crippen LogP contribution in [-0.2, 0) is 12.0 Å². The number of urea groups is 1. The number of ether oxygens (including phenoxy) is 1. The molecule has 0 fully saturated rings. The molecule has 0 bridgehead atoms. The summed E-state index contributed by atoms with van der Waals surface area (Å²) in [6, 6.07) is 15.1. The molecule has 24 heavy (non-hydrogen) atoms. The SMILES string of the molecule is COc1ccccc1CNC(=O)NCC(C)(C)c1ccc(Cl)cc1. The Morgan fingerprint density at radius 3 is 2.42 bits per heavy atom. The standard InChI is InChI=1S/C19H23ClN2O2/c1-19(2,15-8-10-16(20)11-9-15)13-22-18(23)21-12-14-6-4-5-7-17(14)24-3/h4-11H,12-13H2,1-3H3,(H2,21,22,23). The summed E-state index contributed by atoms with van der Waals surface area (Å²) in [5.41, 5.74) is 1.87. The van der Waals surface area contributed by atoms with Crippen LogP contribution in [0.5, 0.6) is 5.75 Å². The van der Waals surface area contributed by atoms with Gasteiger partial charge in [-0.1, -0.05) is 55.8 Å². The van der Waals surface area contributed by atoms with E-state index in [1.807, 2.05) is 48.5 Å². The minimum atomic E-state index is -0.206. The zero-order valence-corrected chi connectivity index (χ0v) is 15.0. The van der Waals surface area contributed by atoms with Crippen molar-refractivity contribution in [3.05, 3.63) is 64.7 Å². The first-order valence-electron chi connectivity index (χ1n) is 7.82. The van der Waals surface area contributed by atoms with E-state index in [2.05, 4.69) is 24.5 Å². The van der Waals surface area contributed by atoms with Gasteiger partial charge < -0.3 is 15.4 Å². The van der Waals surface area contributed by atoms with Crippen molar-refractivity contribution in [3.63, 3.8) is 0 Å². The molecule has 0 atom stereocenters. The summed E-state index contributed by atoms with van der Waals surface area (Å²) >= 11 is 5.92. The number of methoxy groups -OCH3 is 1. The molecule has 2 aromatic rings. The molecular weight excluding hydrogens is 324 g/mol. The summed E-state index contributed by atoms with van der Waals surface area (Å²) in [4.78, 5) is 12.1. The van der Waals surface area contributed by atoms with Crippen molar-refractivity contribution in [2.45, 2.75) is 25.8 Å². The second-order valence-corrected chi connectivity index (χ2v) is 6.68. The summed E-state index contributed by atoms with van der Waals surface area (Å²) in [5, 5.41) is 6.48. The molecule has 5 heteroatoms. The number of nitrogens with one attached hydrogen (secondary N) is 2. The second kappa shape index (κ2) is 8.06. The molecule has 0 saturated carbocycles. The number of rotatable bonds is 6. The van der Waals surface area contributed by atoms with E-state index >= 15 is 0 Å². The quantitative estimate of drug-likeness (QED) is 0.826. The van der Waals surface area contributed by atoms with Gasteiger partial charge in [0.1, 0.15) is 5.75 Å². The van der Waals surface area contributed by atoms with Crippen LogP contribution in [0.25, 0.3) is 0 Å². The molecule has 2 rings (SSSR count). The molecule has 128 valence electrons. The minimum absolute atomic E-state index is 0.188. The Labute approximate surface area is 148 Å². The Bertz CT molecular complexity index is 684. The van der Waals surface area contributed by atoms with Gasteiger partial charge in [-0.3, -0.25) is 0 Å². The highest BCUT2D eigenvalue weighted by Crippen LogP contribution is 2.23. The van der Waals surface area contributed by atoms with Crippen molar-refractivity contribution in [1.29, 1.82) is 0 Å². The average molecular weight is 347 g/mol. The topological polar surface area (TPSA) is 50.4 Å². The highest BCUT2D eigenvalue weighted by atomic mass is 35.5. The molecule has 2 aromatic carbocycles. The van der Waals surface area contributed by atoms with Gasteiger partial charge in [-0.05, 0) is 23.8 Å². The lowest BCUT2D eigenvalue weighted by Crippen LogP contribution is -2.42. The fourth-order valence-electron chi connectivity index (χ4n) is 2.39. The number of hydrogen-bond acceptors (Lipinski definition) is 2. The van der Waals surface area contributed by atoms with Crippen LogP contribution in [0.15, 0.2) is 48.5 Å². The van der Waals surface area contributed by atoms with Gasteiger partial charge in [-0.2, -0.15) is 0 Å². The zero-order valence-electron chi connectivity index (χ0n) is 14.2. The predicted octanol–water partition coefficient (Wildman–Crippen LogP) is 4.13. The van der Waals surface area contributed by atoms with E-state index < -0.39 is 0 Å². The lowest BCUT2D eigenvalue weighted by molar-refractivity contribution is 0.238. The third kappa shape index (κ3) is 4.90. The molecular formula is C19H23ClN2O2. The van der Waals surface area contributed by atoms with Crippen molar-refractivity contribution < 1.29 is 9.53 Å². The van der Waals surface area contributed by atoms with E-state index in [0.717, 1.165) is 16.9 Å². The molecule has 0 aliphatic carbocycles. The zero-order chi connectivity index (χ0) is 17.6. The summed E-state index contributed by atoms with van der Waals surface area (Å²) in [6.45, 7) is 5.09. The van der Waals surface area contributed by atoms with Crippen LogP contribution in [0.3, 0.4) is 0 Å². The maximum absolute atomic E-state index is 12.1. The van der Waals surface area contributed by atoms with E-state index in [1.165, 1.54) is 0 Å². The predicted molar refractivity (Wildman–Crippen MR) is 97.7 cm³/mol. The van der Waals surface area contributed by atoms with Gasteiger partial charge >= 0.3 is 6.03 Å². The Morgan fingerprint density at radius 1 is 1.08 bits per heavy atom. The van der Waals surface area contributed by atoms with Crippen LogP contribution in [0.1, 0.15) is 25.0 Å². The molecule has 0 aliphatic rings. The van der Waals surface area contributed by atoms with Crippen molar-refractivity contribution in [1.82, 2.24) is 10.6 Å². The monoisotopic (exact) mass is 346 g/mol. The van der Waals surface area contributed by atoms with Gasteiger partial charge in [0.15, 0.2) is 0 Å². The normalized spacial score (nSPS) is 11.0. The van der Waals surface area contributed by atoms with Crippen LogP contribution < -0.4 is 15.4 Å². The van der Waals surface area contributed by atoms with Crippen LogP contribution in [0.4, 0.5) is 4.79 Å². The smallest absolute Gasteiger partial charge is 0.315 e. The van der Waals surface area contributed by atoms with Crippen LogP contribution >= 0.6 is 11.6 Å². The van der Waals surface area contributed by atoms with Crippen molar-refractivity contribution in [2.24, 2.45) is 0 Å². The molecule has 4 nitrogen and oxygen atoms in total. The maximum atomic E-state index is 12.1. The third-order valence-corrected chi connectivity index (χ3v) is 4.20. The molecule has 0 saturated heterocycles. The molecule has 0 heterocycles. The van der Waals surface area contributed by atoms with E-state index in [4.69, 9.17) is 16.3 Å². The highest BCUT2D eigenvalue weighted by molar-refractivity contribution is 6.30. The fourth-order valence-corrected chi connectivity index (χ4v) is 2.52. The Balaban J connectivity index is 1.87. The fraction of sp³-hybridized carbons (Fsp3) is 0.316. The number of carbonyl (C=O) groups is 1. The summed E-state index contributed by atoms with van der Waals surface area (Å²) < 4.78 is 5.28. The van der Waals surface area contributed by atoms with Gasteiger partial charge in [0.2, 0.25) is 0 Å². The van der Waals surface area contributed by atoms with E-state index in [-0.39, 0.29) is 11.4 Å². The molecule has 0 radical (unpaired) electrons. The minimum Gasteiger partial charge on any atom is -0.496 e. The average Bonchev–Trinajstić information content (AvgIpc) is 2.59. The van der Waals surface area contributed by atoms with Crippen molar-refractivity contribution in [3.8, 4) is 5.75 Å². The van der Waals surface area contributed by atoms with E-state index in [1.54, 1.807) is 7.11 Å². The number of hydrogen-bond donors (Lipinski definition) is 2.